The summed E-state index contributed by atoms with van der Waals surface area (Å²) in [5.41, 5.74) is 0.869. The molecule has 2 atom stereocenters. The van der Waals surface area contributed by atoms with E-state index in [4.69, 9.17) is 5.11 Å². The molecule has 0 aromatic heterocycles. The van der Waals surface area contributed by atoms with Gasteiger partial charge in [0.2, 0.25) is 5.91 Å². The highest BCUT2D eigenvalue weighted by Gasteiger charge is 2.52. The molecular formula is C15H14N2O4S. The second-order valence-electron chi connectivity index (χ2n) is 5.03. The van der Waals surface area contributed by atoms with E-state index in [-0.39, 0.29) is 29.3 Å². The van der Waals surface area contributed by atoms with Crippen molar-refractivity contribution in [3.05, 3.63) is 47.7 Å². The molecule has 0 aliphatic carbocycles. The van der Waals surface area contributed by atoms with Gasteiger partial charge in [-0.15, -0.1) is 11.8 Å². The van der Waals surface area contributed by atoms with Crippen molar-refractivity contribution in [2.45, 2.75) is 17.8 Å². The fourth-order valence-electron chi connectivity index (χ4n) is 2.54. The number of benzene rings is 1. The zero-order chi connectivity index (χ0) is 15.7. The van der Waals surface area contributed by atoms with Gasteiger partial charge in [0.05, 0.1) is 6.42 Å². The Labute approximate surface area is 131 Å². The van der Waals surface area contributed by atoms with Crippen LogP contribution in [0.15, 0.2) is 42.1 Å². The van der Waals surface area contributed by atoms with Crippen LogP contribution < -0.4 is 5.32 Å². The monoisotopic (exact) mass is 318 g/mol. The van der Waals surface area contributed by atoms with Crippen LogP contribution in [-0.4, -0.2) is 45.0 Å². The molecule has 6 nitrogen and oxygen atoms in total. The summed E-state index contributed by atoms with van der Waals surface area (Å²) in [6.45, 7) is 0. The van der Waals surface area contributed by atoms with E-state index in [2.05, 4.69) is 5.32 Å². The molecule has 3 rings (SSSR count). The van der Waals surface area contributed by atoms with E-state index >= 15 is 0 Å². The van der Waals surface area contributed by atoms with Crippen LogP contribution in [0.1, 0.15) is 5.56 Å². The zero-order valence-electron chi connectivity index (χ0n) is 11.6. The molecule has 2 heterocycles. The molecule has 1 saturated heterocycles. The number of β-lactam (4-membered cyclic amide) rings is 1. The summed E-state index contributed by atoms with van der Waals surface area (Å²) in [7, 11) is 0. The average molecular weight is 318 g/mol. The molecule has 2 aliphatic rings. The minimum Gasteiger partial charge on any atom is -0.477 e. The fraction of sp³-hybridized carbons (Fsp3) is 0.267. The van der Waals surface area contributed by atoms with Crippen molar-refractivity contribution >= 4 is 29.5 Å². The van der Waals surface area contributed by atoms with Crippen molar-refractivity contribution in [3.8, 4) is 0 Å². The molecular weight excluding hydrogens is 304 g/mol. The highest BCUT2D eigenvalue weighted by Crippen LogP contribution is 2.37. The number of carboxylic acids is 1. The lowest BCUT2D eigenvalue weighted by atomic mass is 10.0. The van der Waals surface area contributed by atoms with Crippen LogP contribution in [0.25, 0.3) is 0 Å². The van der Waals surface area contributed by atoms with Gasteiger partial charge in [0.15, 0.2) is 0 Å². The van der Waals surface area contributed by atoms with Crippen molar-refractivity contribution in [2.75, 3.05) is 5.75 Å². The van der Waals surface area contributed by atoms with Gasteiger partial charge in [0.1, 0.15) is 17.1 Å². The zero-order valence-corrected chi connectivity index (χ0v) is 12.4. The van der Waals surface area contributed by atoms with Gasteiger partial charge in [-0.1, -0.05) is 30.3 Å². The van der Waals surface area contributed by atoms with E-state index in [1.807, 2.05) is 30.3 Å². The van der Waals surface area contributed by atoms with Crippen molar-refractivity contribution in [1.29, 1.82) is 0 Å². The average Bonchev–Trinajstić information content (AvgIpc) is 2.52. The Morgan fingerprint density at radius 1 is 1.32 bits per heavy atom. The Bertz CT molecular complexity index is 659. The maximum absolute atomic E-state index is 12.1. The van der Waals surface area contributed by atoms with Gasteiger partial charge in [0.25, 0.3) is 5.91 Å². The van der Waals surface area contributed by atoms with E-state index < -0.39 is 12.0 Å². The summed E-state index contributed by atoms with van der Waals surface area (Å²) in [5, 5.41) is 11.5. The van der Waals surface area contributed by atoms with Gasteiger partial charge in [-0.25, -0.2) is 4.79 Å². The summed E-state index contributed by atoms with van der Waals surface area (Å²) in [6, 6.07) is 8.60. The second-order valence-corrected chi connectivity index (χ2v) is 6.18. The number of nitrogens with one attached hydrogen (secondary N) is 1. The summed E-state index contributed by atoms with van der Waals surface area (Å²) in [4.78, 5) is 36.5. The summed E-state index contributed by atoms with van der Waals surface area (Å²) < 4.78 is 0. The number of fused-ring (bicyclic) bond motifs is 1. The first kappa shape index (κ1) is 14.6. The largest absolute Gasteiger partial charge is 0.477 e. The van der Waals surface area contributed by atoms with Crippen LogP contribution in [0, 0.1) is 0 Å². The Morgan fingerprint density at radius 3 is 2.73 bits per heavy atom. The third kappa shape index (κ3) is 2.59. The molecule has 1 aromatic rings. The summed E-state index contributed by atoms with van der Waals surface area (Å²) >= 11 is 1.44. The molecule has 114 valence electrons. The Kier molecular flexibility index (Phi) is 3.89. The first-order chi connectivity index (χ1) is 10.6. The van der Waals surface area contributed by atoms with E-state index in [0.717, 1.165) is 5.56 Å². The predicted octanol–water partition coefficient (Wildman–Crippen LogP) is 0.597. The maximum Gasteiger partial charge on any atom is 0.352 e. The highest BCUT2D eigenvalue weighted by atomic mass is 32.2. The number of aliphatic carboxylic acids is 1. The molecule has 22 heavy (non-hydrogen) atoms. The number of amides is 2. The topological polar surface area (TPSA) is 86.7 Å². The first-order valence-electron chi connectivity index (χ1n) is 6.79. The molecule has 2 aliphatic heterocycles. The molecule has 1 fully saturated rings. The number of hydrogen-bond donors (Lipinski definition) is 2. The van der Waals surface area contributed by atoms with Gasteiger partial charge < -0.3 is 10.4 Å². The molecule has 2 amide bonds. The van der Waals surface area contributed by atoms with Crippen molar-refractivity contribution in [2.24, 2.45) is 0 Å². The minimum absolute atomic E-state index is 0.00214. The highest BCUT2D eigenvalue weighted by molar-refractivity contribution is 8.00. The second kappa shape index (κ2) is 5.84. The molecule has 1 unspecified atom stereocenters. The van der Waals surface area contributed by atoms with Crippen molar-refractivity contribution in [1.82, 2.24) is 10.2 Å². The molecule has 0 bridgehead atoms. The number of thioether (sulfide) groups is 1. The van der Waals surface area contributed by atoms with Gasteiger partial charge in [-0.3, -0.25) is 14.5 Å². The van der Waals surface area contributed by atoms with Crippen LogP contribution in [0.5, 0.6) is 0 Å². The molecule has 2 N–H and O–H groups in total. The molecule has 0 radical (unpaired) electrons. The fourth-order valence-corrected chi connectivity index (χ4v) is 3.74. The van der Waals surface area contributed by atoms with Gasteiger partial charge in [-0.2, -0.15) is 0 Å². The number of nitrogens with zero attached hydrogens (tertiary/aromatic N) is 1. The van der Waals surface area contributed by atoms with E-state index in [0.29, 0.717) is 5.75 Å². The van der Waals surface area contributed by atoms with Gasteiger partial charge in [0, 0.05) is 5.75 Å². The van der Waals surface area contributed by atoms with Crippen LogP contribution in [-0.2, 0) is 20.8 Å². The lowest BCUT2D eigenvalue weighted by molar-refractivity contribution is -0.150. The Hall–Kier alpha value is -2.28. The predicted molar refractivity (Wildman–Crippen MR) is 80.9 cm³/mol. The smallest absolute Gasteiger partial charge is 0.352 e. The molecule has 0 saturated carbocycles. The number of hydrogen-bond acceptors (Lipinski definition) is 4. The standard InChI is InChI=1S/C15H14N2O4S/c18-11(8-9-4-2-1-3-5-9)16-12-13(19)17-10(15(20)21)6-7-22-14(12)17/h1-6,12,14H,7-8H2,(H,16,18)(H,20,21)/t12?,14-/m0/s1. The lowest BCUT2D eigenvalue weighted by Gasteiger charge is -2.48. The summed E-state index contributed by atoms with van der Waals surface area (Å²) in [6.07, 6.45) is 1.72. The number of carbonyl (C=O) groups excluding carboxylic acids is 2. The van der Waals surface area contributed by atoms with E-state index in [1.54, 1.807) is 0 Å². The van der Waals surface area contributed by atoms with Crippen LogP contribution >= 0.6 is 11.8 Å². The lowest BCUT2D eigenvalue weighted by Crippen LogP contribution is -2.70. The van der Waals surface area contributed by atoms with Crippen molar-refractivity contribution in [3.63, 3.8) is 0 Å². The first-order valence-corrected chi connectivity index (χ1v) is 7.84. The van der Waals surface area contributed by atoms with Gasteiger partial charge in [-0.05, 0) is 11.6 Å². The van der Waals surface area contributed by atoms with E-state index in [1.165, 1.54) is 22.7 Å². The number of rotatable bonds is 4. The Balaban J connectivity index is 1.63. The molecule has 7 heteroatoms. The summed E-state index contributed by atoms with van der Waals surface area (Å²) in [5.74, 6) is -1.21. The molecule has 0 spiro atoms. The van der Waals surface area contributed by atoms with Crippen LogP contribution in [0.4, 0.5) is 0 Å². The van der Waals surface area contributed by atoms with Crippen molar-refractivity contribution < 1.29 is 19.5 Å². The third-order valence-corrected chi connectivity index (χ3v) is 4.77. The van der Waals surface area contributed by atoms with E-state index in [9.17, 15) is 14.4 Å². The quantitative estimate of drug-likeness (QED) is 0.794. The number of carboxylic acid groups (broad SMARTS) is 1. The van der Waals surface area contributed by atoms with Gasteiger partial charge >= 0.3 is 5.97 Å². The molecule has 1 aromatic carbocycles. The van der Waals surface area contributed by atoms with Crippen LogP contribution in [0.2, 0.25) is 0 Å². The maximum atomic E-state index is 12.1. The number of carbonyl (C=O) groups is 3. The normalized spacial score (nSPS) is 23.2. The SMILES string of the molecule is O=C(Cc1ccccc1)NC1C(=O)N2C(C(=O)O)=CCS[C@@H]12. The minimum atomic E-state index is -1.12. The third-order valence-electron chi connectivity index (χ3n) is 3.59. The van der Waals surface area contributed by atoms with Crippen LogP contribution in [0.3, 0.4) is 0 Å². The Morgan fingerprint density at radius 2 is 2.05 bits per heavy atom.